The SMILES string of the molecule is C=C/C=C\C(=C)c1cc(-c2ccccc2)cc(-c2nc(-c3cc(-c4ccccc4)cc(-c4ccccc4)c3)nc(-c3ccc4c(c3)C3(c5ccccc5-c5ccccc53)c3ccccc3-4)n2)c1. The largest absolute Gasteiger partial charge is 0.208 e. The summed E-state index contributed by atoms with van der Waals surface area (Å²) in [5.41, 5.74) is 20.6. The number of rotatable bonds is 9. The van der Waals surface area contributed by atoms with Gasteiger partial charge in [-0.15, -0.1) is 0 Å². The van der Waals surface area contributed by atoms with Crippen LogP contribution in [0.4, 0.5) is 0 Å². The van der Waals surface area contributed by atoms with E-state index in [-0.39, 0.29) is 0 Å². The minimum atomic E-state index is -0.513. The lowest BCUT2D eigenvalue weighted by Gasteiger charge is -2.30. The van der Waals surface area contributed by atoms with Crippen molar-refractivity contribution in [3.8, 4) is 89.8 Å². The summed E-state index contributed by atoms with van der Waals surface area (Å²) in [6.45, 7) is 8.38. The number of benzene rings is 9. The Labute approximate surface area is 391 Å². The summed E-state index contributed by atoms with van der Waals surface area (Å²) in [5.74, 6) is 1.75. The van der Waals surface area contributed by atoms with Gasteiger partial charge in [-0.1, -0.05) is 207 Å². The highest BCUT2D eigenvalue weighted by Gasteiger charge is 2.51. The summed E-state index contributed by atoms with van der Waals surface area (Å²) in [5, 5.41) is 0. The third-order valence-corrected chi connectivity index (χ3v) is 13.4. The molecule has 2 aliphatic rings. The minimum Gasteiger partial charge on any atom is -0.208 e. The molecule has 0 radical (unpaired) electrons. The van der Waals surface area contributed by atoms with Gasteiger partial charge in [0.05, 0.1) is 5.41 Å². The van der Waals surface area contributed by atoms with E-state index in [0.29, 0.717) is 17.5 Å². The number of hydrogen-bond acceptors (Lipinski definition) is 3. The smallest absolute Gasteiger partial charge is 0.164 e. The molecular weight excluding hydrogens is 811 g/mol. The maximum Gasteiger partial charge on any atom is 0.164 e. The van der Waals surface area contributed by atoms with Crippen LogP contribution in [-0.4, -0.2) is 15.0 Å². The molecule has 9 aromatic carbocycles. The molecule has 2 aliphatic carbocycles. The fraction of sp³-hybridized carbons (Fsp3) is 0.0156. The maximum absolute atomic E-state index is 5.46. The van der Waals surface area contributed by atoms with E-state index in [0.717, 1.165) is 61.2 Å². The minimum absolute atomic E-state index is 0.513. The summed E-state index contributed by atoms with van der Waals surface area (Å²) >= 11 is 0. The van der Waals surface area contributed by atoms with E-state index >= 15 is 0 Å². The van der Waals surface area contributed by atoms with Crippen LogP contribution in [0.1, 0.15) is 27.8 Å². The van der Waals surface area contributed by atoms with Crippen molar-refractivity contribution in [2.24, 2.45) is 0 Å². The van der Waals surface area contributed by atoms with Gasteiger partial charge >= 0.3 is 0 Å². The third-order valence-electron chi connectivity index (χ3n) is 13.4. The summed E-state index contributed by atoms with van der Waals surface area (Å²) < 4.78 is 0. The lowest BCUT2D eigenvalue weighted by atomic mass is 9.70. The van der Waals surface area contributed by atoms with E-state index in [1.807, 2.05) is 18.2 Å². The van der Waals surface area contributed by atoms with Crippen LogP contribution in [0.2, 0.25) is 0 Å². The van der Waals surface area contributed by atoms with Crippen molar-refractivity contribution in [1.29, 1.82) is 0 Å². The van der Waals surface area contributed by atoms with Crippen LogP contribution >= 0.6 is 0 Å². The first-order valence-corrected chi connectivity index (χ1v) is 22.7. The summed E-state index contributed by atoms with van der Waals surface area (Å²) in [6, 6.07) is 78.2. The van der Waals surface area contributed by atoms with Gasteiger partial charge in [0.15, 0.2) is 17.5 Å². The average molecular weight is 854 g/mol. The summed E-state index contributed by atoms with van der Waals surface area (Å²) in [7, 11) is 0. The van der Waals surface area contributed by atoms with Crippen molar-refractivity contribution in [1.82, 2.24) is 15.0 Å². The molecule has 0 fully saturated rings. The van der Waals surface area contributed by atoms with E-state index in [9.17, 15) is 0 Å². The predicted molar refractivity (Wildman–Crippen MR) is 277 cm³/mol. The van der Waals surface area contributed by atoms with Crippen LogP contribution in [0.25, 0.3) is 95.4 Å². The first kappa shape index (κ1) is 39.8. The van der Waals surface area contributed by atoms with Crippen molar-refractivity contribution in [2.75, 3.05) is 0 Å². The van der Waals surface area contributed by atoms with Gasteiger partial charge in [0.2, 0.25) is 0 Å². The molecule has 3 nitrogen and oxygen atoms in total. The van der Waals surface area contributed by atoms with Crippen molar-refractivity contribution < 1.29 is 0 Å². The molecule has 1 aromatic heterocycles. The number of allylic oxidation sites excluding steroid dienone is 4. The van der Waals surface area contributed by atoms with Gasteiger partial charge in [-0.3, -0.25) is 0 Å². The second-order valence-electron chi connectivity index (χ2n) is 17.3. The number of hydrogen-bond donors (Lipinski definition) is 0. The van der Waals surface area contributed by atoms with Crippen LogP contribution in [0.3, 0.4) is 0 Å². The first-order chi connectivity index (χ1) is 33.1. The van der Waals surface area contributed by atoms with Gasteiger partial charge in [0.1, 0.15) is 0 Å². The molecule has 0 aliphatic heterocycles. The molecular formula is C64H43N3. The van der Waals surface area contributed by atoms with E-state index in [4.69, 9.17) is 15.0 Å². The molecule has 12 rings (SSSR count). The van der Waals surface area contributed by atoms with Gasteiger partial charge in [-0.25, -0.2) is 15.0 Å². The standard InChI is InChI=1S/C64H43N3/c1-3-4-20-42(2)47-35-48(43-21-8-5-9-22-43)38-51(36-47)62-65-61(66-63(67-62)52-39-49(44-23-10-6-11-24-44)37-50(40-52)45-25-12-7-13-26-45)46-33-34-56-55-29-16-19-32-59(55)64(60(56)41-46)57-30-17-14-27-53(57)54-28-15-18-31-58(54)64/h3-41H,1-2H2/b20-4-. The maximum atomic E-state index is 5.46. The Hall–Kier alpha value is -8.79. The molecule has 0 N–H and O–H groups in total. The van der Waals surface area contributed by atoms with Crippen molar-refractivity contribution >= 4 is 5.57 Å². The zero-order valence-electron chi connectivity index (χ0n) is 36.8. The van der Waals surface area contributed by atoms with Crippen LogP contribution in [0, 0.1) is 0 Å². The van der Waals surface area contributed by atoms with Crippen molar-refractivity contribution in [2.45, 2.75) is 5.41 Å². The molecule has 0 atom stereocenters. The Morgan fingerprint density at radius 3 is 1.19 bits per heavy atom. The van der Waals surface area contributed by atoms with Gasteiger partial charge in [0, 0.05) is 16.7 Å². The fourth-order valence-corrected chi connectivity index (χ4v) is 10.4. The van der Waals surface area contributed by atoms with E-state index in [1.54, 1.807) is 6.08 Å². The number of fused-ring (bicyclic) bond motifs is 10. The van der Waals surface area contributed by atoms with Crippen molar-refractivity contribution in [3.05, 3.63) is 278 Å². The van der Waals surface area contributed by atoms with E-state index in [2.05, 4.69) is 225 Å². The molecule has 3 heteroatoms. The highest BCUT2D eigenvalue weighted by molar-refractivity contribution is 5.96. The fourth-order valence-electron chi connectivity index (χ4n) is 10.4. The quantitative estimate of drug-likeness (QED) is 0.136. The van der Waals surface area contributed by atoms with E-state index in [1.165, 1.54) is 44.5 Å². The van der Waals surface area contributed by atoms with Crippen LogP contribution in [0.15, 0.2) is 250 Å². The Morgan fingerprint density at radius 2 is 0.716 bits per heavy atom. The molecule has 1 spiro atoms. The van der Waals surface area contributed by atoms with Crippen LogP contribution in [0.5, 0.6) is 0 Å². The summed E-state index contributed by atoms with van der Waals surface area (Å²) in [6.07, 6.45) is 5.68. The zero-order valence-corrected chi connectivity index (χ0v) is 36.8. The molecule has 1 heterocycles. The van der Waals surface area contributed by atoms with Gasteiger partial charge in [-0.2, -0.15) is 0 Å². The molecule has 0 amide bonds. The topological polar surface area (TPSA) is 38.7 Å². The highest BCUT2D eigenvalue weighted by Crippen LogP contribution is 2.63. The lowest BCUT2D eigenvalue weighted by Crippen LogP contribution is -2.25. The Kier molecular flexibility index (Phi) is 9.69. The summed E-state index contributed by atoms with van der Waals surface area (Å²) in [4.78, 5) is 16.3. The van der Waals surface area contributed by atoms with Crippen LogP contribution < -0.4 is 0 Å². The Balaban J connectivity index is 1.12. The van der Waals surface area contributed by atoms with E-state index < -0.39 is 5.41 Å². The highest BCUT2D eigenvalue weighted by atomic mass is 15.0. The molecule has 0 saturated carbocycles. The monoisotopic (exact) mass is 853 g/mol. The predicted octanol–water partition coefficient (Wildman–Crippen LogP) is 16.0. The molecule has 0 bridgehead atoms. The normalized spacial score (nSPS) is 12.7. The van der Waals surface area contributed by atoms with Crippen LogP contribution in [-0.2, 0) is 5.41 Å². The van der Waals surface area contributed by atoms with Gasteiger partial charge < -0.3 is 0 Å². The third kappa shape index (κ3) is 6.71. The average Bonchev–Trinajstić information content (AvgIpc) is 3.87. The molecule has 10 aromatic rings. The lowest BCUT2D eigenvalue weighted by molar-refractivity contribution is 0.794. The second kappa shape index (κ2) is 16.3. The van der Waals surface area contributed by atoms with Gasteiger partial charge in [0.25, 0.3) is 0 Å². The van der Waals surface area contributed by atoms with Gasteiger partial charge in [-0.05, 0) is 131 Å². The second-order valence-corrected chi connectivity index (χ2v) is 17.3. The first-order valence-electron chi connectivity index (χ1n) is 22.7. The molecule has 67 heavy (non-hydrogen) atoms. The Morgan fingerprint density at radius 1 is 0.343 bits per heavy atom. The molecule has 314 valence electrons. The Bertz CT molecular complexity index is 3480. The zero-order chi connectivity index (χ0) is 44.9. The number of aromatic nitrogens is 3. The molecule has 0 saturated heterocycles. The number of nitrogens with zero attached hydrogens (tertiary/aromatic N) is 3. The molecule has 0 unspecified atom stereocenters. The van der Waals surface area contributed by atoms with Crippen molar-refractivity contribution in [3.63, 3.8) is 0 Å².